The number of ether oxygens (including phenoxy) is 1. The maximum Gasteiger partial charge on any atom is 0.422 e. The minimum atomic E-state index is -5.35. The van der Waals surface area contributed by atoms with Crippen LogP contribution in [0.4, 0.5) is 22.0 Å². The predicted molar refractivity (Wildman–Crippen MR) is 365 cm³/mol. The van der Waals surface area contributed by atoms with Crippen LogP contribution in [-0.2, 0) is 71.7 Å². The number of likely N-dealkylation sites (tertiary alicyclic amines) is 1. The van der Waals surface area contributed by atoms with Gasteiger partial charge in [0, 0.05) is 81.3 Å². The second-order valence-electron chi connectivity index (χ2n) is 28.5. The molecule has 10 amide bonds. The Labute approximate surface area is 590 Å². The Hall–Kier alpha value is -7.37. The number of alkyl halides is 3. The normalized spacial score (nSPS) is 27.6. The molecular weight excluding hydrogens is 1320 g/mol. The molecule has 4 saturated heterocycles. The summed E-state index contributed by atoms with van der Waals surface area (Å²) in [6.45, 7) is 7.58. The number of nitrogens with zero attached hydrogens (tertiary/aromatic N) is 9. The van der Waals surface area contributed by atoms with Gasteiger partial charge in [-0.25, -0.2) is 8.78 Å². The number of rotatable bonds is 11. The summed E-state index contributed by atoms with van der Waals surface area (Å²) in [6, 6.07) is 0.318. The molecule has 101 heavy (non-hydrogen) atoms. The molecule has 2 aromatic rings. The standard InChI is InChI=1S/C72H107F5N12O12/c1-12-22-52-65(95)80-62(45(4)13-2)69(99)81(5)41-56-71(101-56)83(7)43-60(93)85(9)54(39-46-29-27-44(3)28-30-46)67(97)82(6)42-57(90)79-51(32-31-47-37-49(73)61(50(74)38-47)72(75,76)77)66(96)89-36-21-25-53(89)64(94)78-33-18-17-26-58(91)87(11)63(48-23-15-14-16-24-48)70(100)86(10)55(40-59(92)84(52)8)68(98)88-34-19-20-35-88/h27-30,37-38,45,48,51-56,62-63,66,71,96H,12-26,31-36,39-43H2,1-11H3,(H,78,94)(H,79,90)(H,80,95)/t45-,51-,52-,53-,54-,55-,56?,62-,63-,66?,71?/m0/s1. The van der Waals surface area contributed by atoms with E-state index < -0.39 is 156 Å². The van der Waals surface area contributed by atoms with E-state index in [2.05, 4.69) is 16.0 Å². The molecule has 0 bridgehead atoms. The maximum absolute atomic E-state index is 15.3. The van der Waals surface area contributed by atoms with Crippen LogP contribution in [0, 0.1) is 30.4 Å². The van der Waals surface area contributed by atoms with E-state index in [1.165, 1.54) is 57.6 Å². The number of benzene rings is 2. The molecule has 11 atom stereocenters. The molecule has 24 nitrogen and oxygen atoms in total. The van der Waals surface area contributed by atoms with E-state index in [4.69, 9.17) is 4.74 Å². The number of hydrogen-bond acceptors (Lipinski definition) is 14. The van der Waals surface area contributed by atoms with Crippen molar-refractivity contribution in [1.29, 1.82) is 0 Å². The van der Waals surface area contributed by atoms with E-state index in [1.807, 2.05) is 39.8 Å². The summed E-state index contributed by atoms with van der Waals surface area (Å²) in [7, 11) is 10.5. The van der Waals surface area contributed by atoms with Crippen LogP contribution < -0.4 is 16.0 Å². The van der Waals surface area contributed by atoms with Gasteiger partial charge < -0.3 is 60.1 Å². The zero-order chi connectivity index (χ0) is 74.3. The first-order chi connectivity index (χ1) is 47.8. The molecule has 1 saturated carbocycles. The van der Waals surface area contributed by atoms with Gasteiger partial charge in [-0.2, -0.15) is 13.2 Å². The SMILES string of the molecule is CCC[C@H]1C(=O)N[C@@H]([C@@H](C)CC)C(=O)N(C)CC2OC2N(C)CC(=O)N(C)[C@@H](Cc2ccc(C)cc2)C(=O)N(C)CC(=O)N[C@@H](CCc2cc(F)c(C(F)(F)F)c(F)c2)C(O)N2CCC[C@H]2C(=O)NCCCCC(=O)N(C)[C@@H](C2CCCCC2)C(=O)N(C)[C@H](C(=O)N2CCCC2)CC(=O)N1C. The molecule has 0 radical (unpaired) electrons. The Morgan fingerprint density at radius 1 is 0.673 bits per heavy atom. The third-order valence-corrected chi connectivity index (χ3v) is 21.1. The molecule has 4 N–H and O–H groups in total. The molecular formula is C72H107F5N12O12. The minimum absolute atomic E-state index is 0.00250. The van der Waals surface area contributed by atoms with Gasteiger partial charge in [0.15, 0.2) is 0 Å². The Morgan fingerprint density at radius 3 is 1.94 bits per heavy atom. The van der Waals surface area contributed by atoms with Gasteiger partial charge in [0.1, 0.15) is 66.0 Å². The predicted octanol–water partition coefficient (Wildman–Crippen LogP) is 4.84. The zero-order valence-corrected chi connectivity index (χ0v) is 60.6. The minimum Gasteiger partial charge on any atom is -0.376 e. The van der Waals surface area contributed by atoms with Gasteiger partial charge in [0.2, 0.25) is 59.1 Å². The van der Waals surface area contributed by atoms with Crippen LogP contribution in [0.25, 0.3) is 0 Å². The number of fused-ring (bicyclic) bond motifs is 2. The molecule has 0 spiro atoms. The fourth-order valence-electron chi connectivity index (χ4n) is 14.5. The lowest BCUT2D eigenvalue weighted by atomic mass is 9.82. The van der Waals surface area contributed by atoms with Crippen LogP contribution in [-0.4, -0.2) is 264 Å². The van der Waals surface area contributed by atoms with Crippen LogP contribution in [0.3, 0.4) is 0 Å². The van der Waals surface area contributed by atoms with E-state index >= 15 is 4.79 Å². The Bertz CT molecular complexity index is 3210. The Kier molecular flexibility index (Phi) is 29.4. The summed E-state index contributed by atoms with van der Waals surface area (Å²) in [5, 5.41) is 20.8. The fourth-order valence-corrected chi connectivity index (χ4v) is 14.5. The number of carbonyl (C=O) groups is 10. The second kappa shape index (κ2) is 36.7. The van der Waals surface area contributed by atoms with E-state index in [-0.39, 0.29) is 88.5 Å². The molecule has 5 fully saturated rings. The van der Waals surface area contributed by atoms with Crippen LogP contribution in [0.1, 0.15) is 152 Å². The third kappa shape index (κ3) is 21.2. The van der Waals surface area contributed by atoms with Gasteiger partial charge in [0.25, 0.3) is 0 Å². The van der Waals surface area contributed by atoms with Crippen LogP contribution >= 0.6 is 0 Å². The average Bonchev–Trinajstić information content (AvgIpc) is 1.79. The highest BCUT2D eigenvalue weighted by molar-refractivity contribution is 5.97. The Balaban J connectivity index is 1.19. The van der Waals surface area contributed by atoms with E-state index in [0.717, 1.165) is 42.6 Å². The fraction of sp³-hybridized carbons (Fsp3) is 0.694. The third-order valence-electron chi connectivity index (χ3n) is 21.1. The van der Waals surface area contributed by atoms with Crippen molar-refractivity contribution < 1.29 is 79.7 Å². The van der Waals surface area contributed by atoms with Gasteiger partial charge in [-0.15, -0.1) is 0 Å². The maximum atomic E-state index is 15.3. The lowest BCUT2D eigenvalue weighted by Gasteiger charge is -2.40. The van der Waals surface area contributed by atoms with Crippen molar-refractivity contribution in [3.63, 3.8) is 0 Å². The topological polar surface area (TPSA) is 269 Å². The number of amides is 10. The summed E-state index contributed by atoms with van der Waals surface area (Å²) in [5.41, 5.74) is -0.709. The van der Waals surface area contributed by atoms with Crippen molar-refractivity contribution in [1.82, 2.24) is 60.0 Å². The van der Waals surface area contributed by atoms with Gasteiger partial charge in [-0.1, -0.05) is 82.7 Å². The first kappa shape index (κ1) is 80.9. The molecule has 4 aliphatic heterocycles. The van der Waals surface area contributed by atoms with E-state index in [1.54, 1.807) is 43.1 Å². The first-order valence-corrected chi connectivity index (χ1v) is 35.9. The van der Waals surface area contributed by atoms with Gasteiger partial charge in [0.05, 0.1) is 38.1 Å². The lowest BCUT2D eigenvalue weighted by molar-refractivity contribution is -0.154. The average molecular weight is 1430 g/mol. The highest BCUT2D eigenvalue weighted by Crippen LogP contribution is 2.36. The highest BCUT2D eigenvalue weighted by atomic mass is 19.4. The highest BCUT2D eigenvalue weighted by Gasteiger charge is 2.48. The van der Waals surface area contributed by atoms with E-state index in [9.17, 15) is 70.2 Å². The smallest absolute Gasteiger partial charge is 0.376 e. The van der Waals surface area contributed by atoms with Crippen molar-refractivity contribution in [2.45, 2.75) is 217 Å². The van der Waals surface area contributed by atoms with Crippen LogP contribution in [0.5, 0.6) is 0 Å². The van der Waals surface area contributed by atoms with E-state index in [0.29, 0.717) is 69.3 Å². The van der Waals surface area contributed by atoms with Gasteiger partial charge in [-0.3, -0.25) is 57.7 Å². The summed E-state index contributed by atoms with van der Waals surface area (Å²) >= 11 is 0. The molecule has 0 aromatic heterocycles. The largest absolute Gasteiger partial charge is 0.422 e. The van der Waals surface area contributed by atoms with Gasteiger partial charge in [-0.05, 0) is 120 Å². The quantitative estimate of drug-likeness (QED) is 0.173. The summed E-state index contributed by atoms with van der Waals surface area (Å²) in [5.74, 6) is -9.87. The van der Waals surface area contributed by atoms with Crippen LogP contribution in [0.2, 0.25) is 0 Å². The monoisotopic (exact) mass is 1430 g/mol. The number of epoxide rings is 1. The van der Waals surface area contributed by atoms with Crippen molar-refractivity contribution in [3.05, 3.63) is 70.3 Å². The Morgan fingerprint density at radius 2 is 1.32 bits per heavy atom. The molecule has 3 unspecified atom stereocenters. The summed E-state index contributed by atoms with van der Waals surface area (Å²) in [6.07, 6.45) is -1.92. The summed E-state index contributed by atoms with van der Waals surface area (Å²) < 4.78 is 76.9. The zero-order valence-electron chi connectivity index (χ0n) is 60.6. The second-order valence-corrected chi connectivity index (χ2v) is 28.5. The van der Waals surface area contributed by atoms with Crippen molar-refractivity contribution in [2.75, 3.05) is 95.1 Å². The molecule has 2 aromatic carbocycles. The van der Waals surface area contributed by atoms with Crippen molar-refractivity contribution in [2.24, 2.45) is 11.8 Å². The summed E-state index contributed by atoms with van der Waals surface area (Å²) in [4.78, 5) is 158. The molecule has 7 rings (SSSR count). The number of likely N-dealkylation sites (N-methyl/N-ethyl adjacent to an activating group) is 7. The molecule has 562 valence electrons. The number of nitrogens with one attached hydrogen (secondary N) is 3. The van der Waals surface area contributed by atoms with Crippen molar-refractivity contribution >= 4 is 59.1 Å². The molecule has 5 aliphatic rings. The lowest BCUT2D eigenvalue weighted by Crippen LogP contribution is -2.59. The number of aliphatic hydroxyl groups excluding tert-OH is 1. The van der Waals surface area contributed by atoms with Crippen LogP contribution in [0.15, 0.2) is 36.4 Å². The number of carbonyl (C=O) groups excluding carboxylic acids is 10. The van der Waals surface area contributed by atoms with Crippen molar-refractivity contribution in [3.8, 4) is 0 Å². The molecule has 1 aliphatic carbocycles. The molecule has 4 heterocycles. The number of halogens is 5. The van der Waals surface area contributed by atoms with Gasteiger partial charge >= 0.3 is 6.18 Å². The first-order valence-electron chi connectivity index (χ1n) is 35.9. The molecule has 29 heteroatoms. The number of aryl methyl sites for hydroxylation is 2. The number of hydrogen-bond donors (Lipinski definition) is 4. The number of aliphatic hydroxyl groups is 1.